The summed E-state index contributed by atoms with van der Waals surface area (Å²) in [6, 6.07) is 1.84. The van der Waals surface area contributed by atoms with Crippen LogP contribution >= 0.6 is 0 Å². The molecule has 0 bridgehead atoms. The second-order valence-corrected chi connectivity index (χ2v) is 3.10. The molecular formula is C10H12N2O2. The van der Waals surface area contributed by atoms with Crippen molar-refractivity contribution in [1.82, 2.24) is 4.98 Å². The highest BCUT2D eigenvalue weighted by atomic mass is 16.6. The Labute approximate surface area is 82.3 Å². The average molecular weight is 192 g/mol. The summed E-state index contributed by atoms with van der Waals surface area (Å²) >= 11 is 0. The van der Waals surface area contributed by atoms with Gasteiger partial charge in [0.25, 0.3) is 0 Å². The zero-order valence-electron chi connectivity index (χ0n) is 7.99. The fraction of sp³-hybridized carbons (Fsp3) is 0.300. The lowest BCUT2D eigenvalue weighted by Gasteiger charge is -2.16. The summed E-state index contributed by atoms with van der Waals surface area (Å²) in [6.45, 7) is 3.08. The molecule has 74 valence electrons. The van der Waals surface area contributed by atoms with E-state index in [2.05, 4.69) is 4.98 Å². The first-order chi connectivity index (χ1) is 6.77. The minimum atomic E-state index is 0.570. The van der Waals surface area contributed by atoms with Crippen LogP contribution in [0.15, 0.2) is 18.5 Å². The van der Waals surface area contributed by atoms with Crippen LogP contribution in [0.1, 0.15) is 11.3 Å². The molecule has 1 aliphatic rings. The fourth-order valence-corrected chi connectivity index (χ4v) is 1.31. The standard InChI is InChI=1S/C10H12N2O2/c1-7-9(4-8(11)5-12-7)10-6-13-2-3-14-10/h4-6H,2-3,11H2,1H3. The molecule has 4 nitrogen and oxygen atoms in total. The highest BCUT2D eigenvalue weighted by molar-refractivity contribution is 5.64. The summed E-state index contributed by atoms with van der Waals surface area (Å²) in [6.07, 6.45) is 3.23. The quantitative estimate of drug-likeness (QED) is 0.729. The third-order valence-electron chi connectivity index (χ3n) is 2.02. The maximum atomic E-state index is 5.65. The molecule has 4 heteroatoms. The number of anilines is 1. The first kappa shape index (κ1) is 8.87. The van der Waals surface area contributed by atoms with E-state index < -0.39 is 0 Å². The molecule has 1 aromatic heterocycles. The summed E-state index contributed by atoms with van der Waals surface area (Å²) in [5.74, 6) is 0.702. The SMILES string of the molecule is Cc1ncc(N)cc1C1=COCCO1. The molecule has 2 heterocycles. The number of hydrogen-bond donors (Lipinski definition) is 1. The van der Waals surface area contributed by atoms with Gasteiger partial charge in [-0.15, -0.1) is 0 Å². The van der Waals surface area contributed by atoms with E-state index >= 15 is 0 Å². The van der Waals surface area contributed by atoms with Gasteiger partial charge in [-0.1, -0.05) is 0 Å². The van der Waals surface area contributed by atoms with Crippen LogP contribution < -0.4 is 5.73 Å². The van der Waals surface area contributed by atoms with Crippen LogP contribution in [-0.4, -0.2) is 18.2 Å². The zero-order valence-corrected chi connectivity index (χ0v) is 7.99. The van der Waals surface area contributed by atoms with Crippen molar-refractivity contribution in [3.8, 4) is 0 Å². The van der Waals surface area contributed by atoms with E-state index in [4.69, 9.17) is 15.2 Å². The van der Waals surface area contributed by atoms with Gasteiger partial charge in [-0.2, -0.15) is 0 Å². The Hall–Kier alpha value is -1.71. The van der Waals surface area contributed by atoms with E-state index in [9.17, 15) is 0 Å². The number of nitrogen functional groups attached to an aromatic ring is 1. The Bertz CT molecular complexity index is 374. The lowest BCUT2D eigenvalue weighted by atomic mass is 10.1. The lowest BCUT2D eigenvalue weighted by molar-refractivity contribution is 0.125. The first-order valence-electron chi connectivity index (χ1n) is 4.44. The van der Waals surface area contributed by atoms with Crippen LogP contribution in [0, 0.1) is 6.92 Å². The van der Waals surface area contributed by atoms with Gasteiger partial charge in [0.05, 0.1) is 11.9 Å². The molecule has 2 N–H and O–H groups in total. The summed E-state index contributed by atoms with van der Waals surface area (Å²) < 4.78 is 10.6. The summed E-state index contributed by atoms with van der Waals surface area (Å²) in [5.41, 5.74) is 8.05. The van der Waals surface area contributed by atoms with E-state index in [-0.39, 0.29) is 0 Å². The van der Waals surface area contributed by atoms with Crippen molar-refractivity contribution in [2.45, 2.75) is 6.92 Å². The molecular weight excluding hydrogens is 180 g/mol. The third-order valence-corrected chi connectivity index (χ3v) is 2.02. The van der Waals surface area contributed by atoms with Gasteiger partial charge in [0.15, 0.2) is 5.76 Å². The van der Waals surface area contributed by atoms with Crippen LogP contribution in [0.3, 0.4) is 0 Å². The summed E-state index contributed by atoms with van der Waals surface area (Å²) in [4.78, 5) is 4.15. The number of aryl methyl sites for hydroxylation is 1. The average Bonchev–Trinajstić information content (AvgIpc) is 2.23. The van der Waals surface area contributed by atoms with Crippen LogP contribution in [0.4, 0.5) is 5.69 Å². The van der Waals surface area contributed by atoms with Crippen LogP contribution in [-0.2, 0) is 9.47 Å². The molecule has 1 aliphatic heterocycles. The topological polar surface area (TPSA) is 57.4 Å². The number of aromatic nitrogens is 1. The van der Waals surface area contributed by atoms with Gasteiger partial charge in [-0.3, -0.25) is 4.98 Å². The number of nitrogens with zero attached hydrogens (tertiary/aromatic N) is 1. The normalized spacial score (nSPS) is 15.4. The van der Waals surface area contributed by atoms with Gasteiger partial charge >= 0.3 is 0 Å². The maximum absolute atomic E-state index is 5.65. The molecule has 0 spiro atoms. The molecule has 0 fully saturated rings. The van der Waals surface area contributed by atoms with Crippen LogP contribution in [0.25, 0.3) is 5.76 Å². The van der Waals surface area contributed by atoms with E-state index in [1.165, 1.54) is 0 Å². The van der Waals surface area contributed by atoms with Crippen molar-refractivity contribution in [2.24, 2.45) is 0 Å². The molecule has 0 aromatic carbocycles. The maximum Gasteiger partial charge on any atom is 0.162 e. The van der Waals surface area contributed by atoms with Crippen molar-refractivity contribution in [2.75, 3.05) is 18.9 Å². The Morgan fingerprint density at radius 1 is 1.43 bits per heavy atom. The minimum absolute atomic E-state index is 0.570. The number of pyridine rings is 1. The van der Waals surface area contributed by atoms with Crippen molar-refractivity contribution in [1.29, 1.82) is 0 Å². The van der Waals surface area contributed by atoms with Gasteiger partial charge in [0.2, 0.25) is 0 Å². The molecule has 1 aromatic rings. The van der Waals surface area contributed by atoms with Gasteiger partial charge < -0.3 is 15.2 Å². The molecule has 0 aliphatic carbocycles. The number of nitrogens with two attached hydrogens (primary N) is 1. The molecule has 14 heavy (non-hydrogen) atoms. The minimum Gasteiger partial charge on any atom is -0.494 e. The van der Waals surface area contributed by atoms with E-state index in [1.807, 2.05) is 13.0 Å². The summed E-state index contributed by atoms with van der Waals surface area (Å²) in [7, 11) is 0. The van der Waals surface area contributed by atoms with Crippen molar-refractivity contribution in [3.63, 3.8) is 0 Å². The van der Waals surface area contributed by atoms with Crippen molar-refractivity contribution < 1.29 is 9.47 Å². The summed E-state index contributed by atoms with van der Waals surface area (Å²) in [5, 5.41) is 0. The van der Waals surface area contributed by atoms with E-state index in [0.717, 1.165) is 11.3 Å². The molecule has 0 saturated heterocycles. The second-order valence-electron chi connectivity index (χ2n) is 3.10. The number of hydrogen-bond acceptors (Lipinski definition) is 4. The first-order valence-corrected chi connectivity index (χ1v) is 4.44. The fourth-order valence-electron chi connectivity index (χ4n) is 1.31. The highest BCUT2D eigenvalue weighted by Crippen LogP contribution is 2.22. The Kier molecular flexibility index (Phi) is 2.26. The monoisotopic (exact) mass is 192 g/mol. The molecule has 0 radical (unpaired) electrons. The smallest absolute Gasteiger partial charge is 0.162 e. The molecule has 0 unspecified atom stereocenters. The highest BCUT2D eigenvalue weighted by Gasteiger charge is 2.11. The number of rotatable bonds is 1. The van der Waals surface area contributed by atoms with E-state index in [0.29, 0.717) is 24.7 Å². The largest absolute Gasteiger partial charge is 0.494 e. The van der Waals surface area contributed by atoms with Crippen LogP contribution in [0.2, 0.25) is 0 Å². The Morgan fingerprint density at radius 2 is 2.29 bits per heavy atom. The van der Waals surface area contributed by atoms with Gasteiger partial charge in [0.1, 0.15) is 19.5 Å². The number of ether oxygens (including phenoxy) is 2. The van der Waals surface area contributed by atoms with Gasteiger partial charge in [-0.25, -0.2) is 0 Å². The Balaban J connectivity index is 2.39. The van der Waals surface area contributed by atoms with Gasteiger partial charge in [-0.05, 0) is 13.0 Å². The lowest BCUT2D eigenvalue weighted by Crippen LogP contribution is -2.09. The molecule has 0 saturated carbocycles. The zero-order chi connectivity index (χ0) is 9.97. The Morgan fingerprint density at radius 3 is 3.00 bits per heavy atom. The molecule has 0 atom stereocenters. The predicted octanol–water partition coefficient (Wildman–Crippen LogP) is 1.32. The third kappa shape index (κ3) is 1.64. The predicted molar refractivity (Wildman–Crippen MR) is 53.3 cm³/mol. The van der Waals surface area contributed by atoms with E-state index in [1.54, 1.807) is 12.5 Å². The van der Waals surface area contributed by atoms with Crippen molar-refractivity contribution in [3.05, 3.63) is 29.8 Å². The molecule has 0 amide bonds. The van der Waals surface area contributed by atoms with Crippen LogP contribution in [0.5, 0.6) is 0 Å². The van der Waals surface area contributed by atoms with Crippen molar-refractivity contribution >= 4 is 11.4 Å². The van der Waals surface area contributed by atoms with Gasteiger partial charge in [0, 0.05) is 11.3 Å². The second kappa shape index (κ2) is 3.57. The molecule has 2 rings (SSSR count).